The number of amides is 1. The van der Waals surface area contributed by atoms with Gasteiger partial charge in [0, 0.05) is 35.5 Å². The molecule has 1 unspecified atom stereocenters. The van der Waals surface area contributed by atoms with E-state index in [1.807, 2.05) is 18.2 Å². The van der Waals surface area contributed by atoms with E-state index in [9.17, 15) is 4.79 Å². The molecule has 5 heteroatoms. The molecule has 1 amide bonds. The highest BCUT2D eigenvalue weighted by atomic mass is 35.5. The van der Waals surface area contributed by atoms with Gasteiger partial charge in [0.15, 0.2) is 0 Å². The van der Waals surface area contributed by atoms with Gasteiger partial charge in [-0.15, -0.1) is 0 Å². The maximum Gasteiger partial charge on any atom is 0.221 e. The Morgan fingerprint density at radius 3 is 2.90 bits per heavy atom. The van der Waals surface area contributed by atoms with Crippen LogP contribution < -0.4 is 5.73 Å². The summed E-state index contributed by atoms with van der Waals surface area (Å²) in [6.45, 7) is 1.79. The Hall–Kier alpha value is -1.03. The van der Waals surface area contributed by atoms with Gasteiger partial charge in [-0.3, -0.25) is 4.79 Å². The van der Waals surface area contributed by atoms with E-state index in [1.54, 1.807) is 6.07 Å². The quantitative estimate of drug-likeness (QED) is 0.867. The number of carbonyl (C=O) groups excluding carboxylic acids is 1. The molecule has 0 radical (unpaired) electrons. The molecule has 1 aliphatic heterocycles. The number of fused-ring (bicyclic) bond motifs is 1. The summed E-state index contributed by atoms with van der Waals surface area (Å²) in [5.74, 6) is 0.0255. The second kappa shape index (κ2) is 6.61. The monoisotopic (exact) mass is 312 g/mol. The van der Waals surface area contributed by atoms with Crippen LogP contribution in [0.5, 0.6) is 0 Å². The fourth-order valence-electron chi connectivity index (χ4n) is 2.62. The first-order valence-electron chi connectivity index (χ1n) is 6.57. The number of likely N-dealkylation sites (N-methyl/N-ethyl adjacent to an activating group) is 1. The zero-order chi connectivity index (χ0) is 14.7. The molecule has 0 saturated heterocycles. The second-order valence-corrected chi connectivity index (χ2v) is 6.07. The first kappa shape index (κ1) is 15.4. The molecule has 0 aliphatic carbocycles. The van der Waals surface area contributed by atoms with Crippen LogP contribution in [0.2, 0.25) is 10.0 Å². The number of hydrogen-bond acceptors (Lipinski definition) is 2. The van der Waals surface area contributed by atoms with Crippen molar-refractivity contribution in [1.29, 1.82) is 0 Å². The number of hydrogen-bond donors (Lipinski definition) is 1. The van der Waals surface area contributed by atoms with Crippen molar-refractivity contribution >= 4 is 29.1 Å². The first-order chi connectivity index (χ1) is 9.47. The summed E-state index contributed by atoms with van der Waals surface area (Å²) < 4.78 is 0. The molecule has 1 aromatic carbocycles. The molecule has 0 spiro atoms. The van der Waals surface area contributed by atoms with Gasteiger partial charge >= 0.3 is 0 Å². The van der Waals surface area contributed by atoms with Crippen molar-refractivity contribution in [2.24, 2.45) is 5.73 Å². The normalized spacial score (nSPS) is 19.2. The number of carbonyl (C=O) groups is 1. The maximum atomic E-state index is 10.7. The Morgan fingerprint density at radius 1 is 1.45 bits per heavy atom. The average Bonchev–Trinajstić information content (AvgIpc) is 2.35. The van der Waals surface area contributed by atoms with Gasteiger partial charge in [0.1, 0.15) is 0 Å². The van der Waals surface area contributed by atoms with E-state index in [-0.39, 0.29) is 12.3 Å². The number of halogens is 2. The van der Waals surface area contributed by atoms with E-state index in [0.29, 0.717) is 10.9 Å². The van der Waals surface area contributed by atoms with Crippen LogP contribution in [0, 0.1) is 0 Å². The number of primary amides is 1. The third-order valence-corrected chi connectivity index (χ3v) is 4.06. The van der Waals surface area contributed by atoms with Crippen molar-refractivity contribution in [1.82, 2.24) is 4.90 Å². The predicted molar refractivity (Wildman–Crippen MR) is 83.1 cm³/mol. The highest BCUT2D eigenvalue weighted by molar-refractivity contribution is 6.35. The van der Waals surface area contributed by atoms with Gasteiger partial charge in [-0.2, -0.15) is 0 Å². The molecule has 0 saturated carbocycles. The smallest absolute Gasteiger partial charge is 0.221 e. The highest BCUT2D eigenvalue weighted by Gasteiger charge is 2.24. The zero-order valence-corrected chi connectivity index (χ0v) is 12.9. The number of benzene rings is 1. The Balaban J connectivity index is 2.19. The molecule has 2 N–H and O–H groups in total. The minimum absolute atomic E-state index is 0.283. The Bertz CT molecular complexity index is 543. The summed E-state index contributed by atoms with van der Waals surface area (Å²) in [5, 5.41) is 1.40. The minimum Gasteiger partial charge on any atom is -0.369 e. The fourth-order valence-corrected chi connectivity index (χ4v) is 3.19. The lowest BCUT2D eigenvalue weighted by atomic mass is 9.87. The third kappa shape index (κ3) is 3.75. The third-order valence-electron chi connectivity index (χ3n) is 3.50. The van der Waals surface area contributed by atoms with E-state index in [0.717, 1.165) is 30.1 Å². The predicted octanol–water partition coefficient (Wildman–Crippen LogP) is 3.34. The van der Waals surface area contributed by atoms with Crippen LogP contribution in [0.4, 0.5) is 0 Å². The summed E-state index contributed by atoms with van der Waals surface area (Å²) >= 11 is 12.4. The van der Waals surface area contributed by atoms with Crippen molar-refractivity contribution in [3.8, 4) is 0 Å². The second-order valence-electron chi connectivity index (χ2n) is 5.23. The van der Waals surface area contributed by atoms with Crippen molar-refractivity contribution < 1.29 is 4.79 Å². The Kier molecular flexibility index (Phi) is 5.08. The van der Waals surface area contributed by atoms with Crippen LogP contribution in [-0.2, 0) is 11.3 Å². The van der Waals surface area contributed by atoms with Crippen molar-refractivity contribution in [3.05, 3.63) is 45.5 Å². The van der Waals surface area contributed by atoms with Crippen LogP contribution in [-0.4, -0.2) is 24.4 Å². The van der Waals surface area contributed by atoms with Crippen LogP contribution in [0.3, 0.4) is 0 Å². The molecule has 2 rings (SSSR count). The SMILES string of the molecule is CN1Cc2c(Cl)cc(Cl)cc2C(CC=CCC(N)=O)C1. The van der Waals surface area contributed by atoms with Crippen LogP contribution in [0.25, 0.3) is 0 Å². The molecule has 1 aromatic rings. The van der Waals surface area contributed by atoms with E-state index in [1.165, 1.54) is 5.56 Å². The highest BCUT2D eigenvalue weighted by Crippen LogP contribution is 2.36. The number of allylic oxidation sites excluding steroid dienone is 1. The van der Waals surface area contributed by atoms with Gasteiger partial charge in [-0.25, -0.2) is 0 Å². The molecule has 0 aromatic heterocycles. The molecular formula is C15H18Cl2N2O. The van der Waals surface area contributed by atoms with Crippen LogP contribution in [0.1, 0.15) is 29.9 Å². The fraction of sp³-hybridized carbons (Fsp3) is 0.400. The number of nitrogens with zero attached hydrogens (tertiary/aromatic N) is 1. The standard InChI is InChI=1S/C15H18Cl2N2O/c1-19-8-10(4-2-3-5-15(18)20)12-6-11(16)7-14(17)13(12)9-19/h2-3,6-7,10H,4-5,8-9H2,1H3,(H2,18,20). The lowest BCUT2D eigenvalue weighted by molar-refractivity contribution is -0.117. The minimum atomic E-state index is -0.312. The molecule has 0 bridgehead atoms. The van der Waals surface area contributed by atoms with Gasteiger partial charge < -0.3 is 10.6 Å². The van der Waals surface area contributed by atoms with E-state index in [4.69, 9.17) is 28.9 Å². The van der Waals surface area contributed by atoms with Gasteiger partial charge in [0.25, 0.3) is 0 Å². The van der Waals surface area contributed by atoms with Crippen LogP contribution in [0.15, 0.2) is 24.3 Å². The summed E-state index contributed by atoms with van der Waals surface area (Å²) in [4.78, 5) is 13.0. The van der Waals surface area contributed by atoms with Gasteiger partial charge in [0.05, 0.1) is 0 Å². The van der Waals surface area contributed by atoms with Crippen molar-refractivity contribution in [3.63, 3.8) is 0 Å². The lowest BCUT2D eigenvalue weighted by Gasteiger charge is -2.32. The zero-order valence-electron chi connectivity index (χ0n) is 11.4. The average molecular weight is 313 g/mol. The van der Waals surface area contributed by atoms with E-state index >= 15 is 0 Å². The maximum absolute atomic E-state index is 10.7. The summed E-state index contributed by atoms with van der Waals surface area (Å²) in [5.41, 5.74) is 7.48. The summed E-state index contributed by atoms with van der Waals surface area (Å²) in [6, 6.07) is 3.80. The van der Waals surface area contributed by atoms with Crippen LogP contribution >= 0.6 is 23.2 Å². The molecule has 1 aliphatic rings. The Morgan fingerprint density at radius 2 is 2.20 bits per heavy atom. The number of nitrogens with two attached hydrogens (primary N) is 1. The molecule has 3 nitrogen and oxygen atoms in total. The van der Waals surface area contributed by atoms with E-state index < -0.39 is 0 Å². The molecule has 20 heavy (non-hydrogen) atoms. The number of rotatable bonds is 4. The van der Waals surface area contributed by atoms with Crippen molar-refractivity contribution in [2.45, 2.75) is 25.3 Å². The van der Waals surface area contributed by atoms with Gasteiger partial charge in [-0.1, -0.05) is 35.4 Å². The summed E-state index contributed by atoms with van der Waals surface area (Å²) in [6.07, 6.45) is 4.96. The molecule has 1 atom stereocenters. The van der Waals surface area contributed by atoms with E-state index in [2.05, 4.69) is 11.9 Å². The molecule has 108 valence electrons. The first-order valence-corrected chi connectivity index (χ1v) is 7.32. The lowest BCUT2D eigenvalue weighted by Crippen LogP contribution is -2.30. The largest absolute Gasteiger partial charge is 0.369 e. The molecule has 0 fully saturated rings. The molecular weight excluding hydrogens is 295 g/mol. The summed E-state index contributed by atoms with van der Waals surface area (Å²) in [7, 11) is 2.08. The van der Waals surface area contributed by atoms with Gasteiger partial charge in [-0.05, 0) is 36.7 Å². The van der Waals surface area contributed by atoms with Gasteiger partial charge in [0.2, 0.25) is 5.91 Å². The van der Waals surface area contributed by atoms with Crippen molar-refractivity contribution in [2.75, 3.05) is 13.6 Å². The molecule has 1 heterocycles. The Labute approximate surface area is 129 Å². The topological polar surface area (TPSA) is 46.3 Å².